The predicted molar refractivity (Wildman–Crippen MR) is 258 cm³/mol. The van der Waals surface area contributed by atoms with Crippen molar-refractivity contribution < 1.29 is 0 Å². The fraction of sp³-hybridized carbons (Fsp3) is 0.200. The van der Waals surface area contributed by atoms with Crippen LogP contribution < -0.4 is 4.90 Å². The van der Waals surface area contributed by atoms with Gasteiger partial charge in [-0.05, 0) is 136 Å². The third-order valence-electron chi connectivity index (χ3n) is 14.2. The van der Waals surface area contributed by atoms with Crippen LogP contribution in [-0.4, -0.2) is 0 Å². The molecule has 11 rings (SSSR count). The average Bonchev–Trinajstić information content (AvgIpc) is 3.81. The van der Waals surface area contributed by atoms with E-state index >= 15 is 0 Å². The van der Waals surface area contributed by atoms with Gasteiger partial charge in [0, 0.05) is 22.5 Å². The van der Waals surface area contributed by atoms with Crippen LogP contribution in [0, 0.1) is 0 Å². The van der Waals surface area contributed by atoms with Crippen LogP contribution in [0.2, 0.25) is 0 Å². The summed E-state index contributed by atoms with van der Waals surface area (Å²) in [5, 5.41) is 0. The Balaban J connectivity index is 1.18. The van der Waals surface area contributed by atoms with Crippen LogP contribution in [0.25, 0.3) is 44.5 Å². The Kier molecular flexibility index (Phi) is 8.02. The summed E-state index contributed by atoms with van der Waals surface area (Å²) in [4.78, 5) is 2.50. The molecule has 3 aliphatic carbocycles. The van der Waals surface area contributed by atoms with E-state index in [1.165, 1.54) is 89.0 Å². The average molecular weight is 788 g/mol. The second-order valence-electron chi connectivity index (χ2n) is 20.2. The zero-order valence-corrected chi connectivity index (χ0v) is 36.7. The Morgan fingerprint density at radius 1 is 0.328 bits per heavy atom. The van der Waals surface area contributed by atoms with E-state index in [0.717, 1.165) is 17.1 Å². The van der Waals surface area contributed by atoms with Crippen LogP contribution in [0.1, 0.15) is 99.9 Å². The second kappa shape index (κ2) is 13.0. The highest BCUT2D eigenvalue weighted by molar-refractivity contribution is 5.97. The van der Waals surface area contributed by atoms with Crippen molar-refractivity contribution >= 4 is 17.1 Å². The Morgan fingerprint density at radius 2 is 0.721 bits per heavy atom. The number of hydrogen-bond donors (Lipinski definition) is 0. The predicted octanol–water partition coefficient (Wildman–Crippen LogP) is 16.1. The molecule has 0 atom stereocenters. The van der Waals surface area contributed by atoms with E-state index in [2.05, 4.69) is 236 Å². The molecular weight excluding hydrogens is 735 g/mol. The van der Waals surface area contributed by atoms with Gasteiger partial charge in [-0.3, -0.25) is 0 Å². The highest BCUT2D eigenvalue weighted by atomic mass is 15.1. The first-order valence-corrected chi connectivity index (χ1v) is 22.0. The Bertz CT molecular complexity index is 2990. The van der Waals surface area contributed by atoms with Crippen LogP contribution in [-0.2, 0) is 21.7 Å². The molecule has 0 aromatic heterocycles. The van der Waals surface area contributed by atoms with Gasteiger partial charge < -0.3 is 4.90 Å². The number of rotatable bonds is 4. The minimum atomic E-state index is -0.487. The van der Waals surface area contributed by atoms with Crippen molar-refractivity contribution in [1.82, 2.24) is 0 Å². The van der Waals surface area contributed by atoms with Crippen LogP contribution in [0.4, 0.5) is 17.1 Å². The molecule has 298 valence electrons. The standard InChI is InChI=1S/C60H53N/c1-57(2,3)40-24-30-48-49-31-25-41(58(4,5)6)35-55(49)60(54(48)34-40)52-21-15-13-19-46(52)50-33-29-44(37-56(50)60)61(42-26-22-39(23-27-42)38-16-10-9-11-17-38)43-28-32-47-45-18-12-14-20-51(45)59(7,8)53(47)36-43/h9-37H,1-8H3. The third kappa shape index (κ3) is 5.46. The summed E-state index contributed by atoms with van der Waals surface area (Å²) in [5.74, 6) is 0. The molecule has 0 aliphatic heterocycles. The minimum absolute atomic E-state index is 0.00587. The molecule has 0 amide bonds. The van der Waals surface area contributed by atoms with E-state index in [1.807, 2.05) is 0 Å². The lowest BCUT2D eigenvalue weighted by molar-refractivity contribution is 0.586. The maximum atomic E-state index is 2.55. The lowest BCUT2D eigenvalue weighted by Crippen LogP contribution is -2.27. The van der Waals surface area contributed by atoms with Crippen molar-refractivity contribution in [3.63, 3.8) is 0 Å². The normalized spacial score (nSPS) is 14.8. The summed E-state index contributed by atoms with van der Waals surface area (Å²) in [5.41, 5.74) is 24.2. The van der Waals surface area contributed by atoms with E-state index in [0.29, 0.717) is 0 Å². The number of benzene rings is 8. The maximum Gasteiger partial charge on any atom is 0.0726 e. The van der Waals surface area contributed by atoms with Crippen molar-refractivity contribution in [2.75, 3.05) is 4.90 Å². The van der Waals surface area contributed by atoms with Crippen LogP contribution in [0.5, 0.6) is 0 Å². The largest absolute Gasteiger partial charge is 0.310 e. The van der Waals surface area contributed by atoms with Gasteiger partial charge in [0.2, 0.25) is 0 Å². The summed E-state index contributed by atoms with van der Waals surface area (Å²) in [6.07, 6.45) is 0. The van der Waals surface area contributed by atoms with Gasteiger partial charge in [-0.1, -0.05) is 195 Å². The van der Waals surface area contributed by atoms with Crippen molar-refractivity contribution in [3.05, 3.63) is 220 Å². The van der Waals surface area contributed by atoms with Gasteiger partial charge >= 0.3 is 0 Å². The van der Waals surface area contributed by atoms with Gasteiger partial charge in [0.15, 0.2) is 0 Å². The summed E-state index contributed by atoms with van der Waals surface area (Å²) >= 11 is 0. The molecule has 1 heteroatoms. The van der Waals surface area contributed by atoms with Crippen molar-refractivity contribution in [2.24, 2.45) is 0 Å². The summed E-state index contributed by atoms with van der Waals surface area (Å²) in [6, 6.07) is 67.2. The number of hydrogen-bond acceptors (Lipinski definition) is 1. The Labute approximate surface area is 362 Å². The van der Waals surface area contributed by atoms with Crippen LogP contribution >= 0.6 is 0 Å². The highest BCUT2D eigenvalue weighted by Gasteiger charge is 2.52. The van der Waals surface area contributed by atoms with Crippen LogP contribution in [0.15, 0.2) is 176 Å². The quantitative estimate of drug-likeness (QED) is 0.172. The maximum absolute atomic E-state index is 2.55. The summed E-state index contributed by atoms with van der Waals surface area (Å²) < 4.78 is 0. The van der Waals surface area contributed by atoms with E-state index in [-0.39, 0.29) is 16.2 Å². The molecule has 0 fully saturated rings. The van der Waals surface area contributed by atoms with Crippen molar-refractivity contribution in [3.8, 4) is 44.5 Å². The SMILES string of the molecule is CC(C)(C)c1ccc2c(c1)C1(c3ccccc3-c3ccc(N(c4ccc(-c5ccccc5)cc4)c4ccc5c(c4)C(C)(C)c4ccccc4-5)cc31)c1cc(C(C)(C)C)ccc1-2. The molecule has 0 saturated heterocycles. The number of fused-ring (bicyclic) bond motifs is 13. The lowest BCUT2D eigenvalue weighted by Gasteiger charge is -2.34. The molecule has 1 nitrogen and oxygen atoms in total. The monoisotopic (exact) mass is 787 g/mol. The third-order valence-corrected chi connectivity index (χ3v) is 14.2. The molecule has 3 aliphatic rings. The van der Waals surface area contributed by atoms with Gasteiger partial charge in [-0.2, -0.15) is 0 Å². The fourth-order valence-corrected chi connectivity index (χ4v) is 11.0. The van der Waals surface area contributed by atoms with Crippen molar-refractivity contribution in [2.45, 2.75) is 77.0 Å². The second-order valence-corrected chi connectivity index (χ2v) is 20.2. The summed E-state index contributed by atoms with van der Waals surface area (Å²) in [6.45, 7) is 18.8. The zero-order valence-electron chi connectivity index (χ0n) is 36.7. The minimum Gasteiger partial charge on any atom is -0.310 e. The Hall–Kier alpha value is -6.44. The first-order valence-electron chi connectivity index (χ1n) is 22.0. The van der Waals surface area contributed by atoms with E-state index in [9.17, 15) is 0 Å². The van der Waals surface area contributed by atoms with Crippen molar-refractivity contribution in [1.29, 1.82) is 0 Å². The van der Waals surface area contributed by atoms with E-state index < -0.39 is 5.41 Å². The van der Waals surface area contributed by atoms with Crippen LogP contribution in [0.3, 0.4) is 0 Å². The summed E-state index contributed by atoms with van der Waals surface area (Å²) in [7, 11) is 0. The molecule has 1 spiro atoms. The molecule has 0 bridgehead atoms. The molecule has 61 heavy (non-hydrogen) atoms. The molecule has 8 aromatic rings. The fourth-order valence-electron chi connectivity index (χ4n) is 11.0. The van der Waals surface area contributed by atoms with Gasteiger partial charge in [0.25, 0.3) is 0 Å². The zero-order chi connectivity index (χ0) is 42.1. The highest BCUT2D eigenvalue weighted by Crippen LogP contribution is 2.64. The molecule has 0 radical (unpaired) electrons. The number of nitrogens with zero attached hydrogens (tertiary/aromatic N) is 1. The first-order chi connectivity index (χ1) is 29.3. The van der Waals surface area contributed by atoms with E-state index in [4.69, 9.17) is 0 Å². The van der Waals surface area contributed by atoms with Gasteiger partial charge in [0.05, 0.1) is 5.41 Å². The molecule has 0 heterocycles. The van der Waals surface area contributed by atoms with Gasteiger partial charge in [-0.15, -0.1) is 0 Å². The first kappa shape index (κ1) is 37.6. The number of anilines is 3. The van der Waals surface area contributed by atoms with E-state index in [1.54, 1.807) is 0 Å². The Morgan fingerprint density at radius 3 is 1.28 bits per heavy atom. The topological polar surface area (TPSA) is 3.24 Å². The lowest BCUT2D eigenvalue weighted by atomic mass is 9.68. The molecular formula is C60H53N. The van der Waals surface area contributed by atoms with Gasteiger partial charge in [0.1, 0.15) is 0 Å². The molecule has 0 unspecified atom stereocenters. The van der Waals surface area contributed by atoms with Gasteiger partial charge in [-0.25, -0.2) is 0 Å². The molecule has 0 N–H and O–H groups in total. The molecule has 0 saturated carbocycles. The molecule has 8 aromatic carbocycles. The smallest absolute Gasteiger partial charge is 0.0726 e.